The summed E-state index contributed by atoms with van der Waals surface area (Å²) in [5, 5.41) is 8.77. The van der Waals surface area contributed by atoms with Crippen molar-refractivity contribution in [3.63, 3.8) is 0 Å². The number of rotatable bonds is 1. The van der Waals surface area contributed by atoms with Gasteiger partial charge in [0.05, 0.1) is 17.8 Å². The average Bonchev–Trinajstić information content (AvgIpc) is 2.42. The number of hydrogen-bond donors (Lipinski definition) is 1. The molecule has 0 spiro atoms. The number of hydrogen-bond acceptors (Lipinski definition) is 4. The summed E-state index contributed by atoms with van der Waals surface area (Å²) >= 11 is 0. The van der Waals surface area contributed by atoms with Crippen molar-refractivity contribution >= 4 is 17.9 Å². The Bertz CT molecular complexity index is 308. The van der Waals surface area contributed by atoms with Gasteiger partial charge in [0.15, 0.2) is 0 Å². The van der Waals surface area contributed by atoms with Gasteiger partial charge >= 0.3 is 17.9 Å². The molecular formula is C9H10O5. The zero-order valence-corrected chi connectivity index (χ0v) is 7.43. The van der Waals surface area contributed by atoms with Crippen LogP contribution in [0.1, 0.15) is 19.3 Å². The standard InChI is InChI=1S/C9H10O5/c10-7(11)4-1-2-5-6(3-4)9(13)14-8(5)12/h4-6H,1-3H2,(H,10,11)/t4?,5-,6-/m1/s1. The smallest absolute Gasteiger partial charge is 0.317 e. The minimum atomic E-state index is -0.893. The van der Waals surface area contributed by atoms with Crippen molar-refractivity contribution in [2.24, 2.45) is 17.8 Å². The summed E-state index contributed by atoms with van der Waals surface area (Å²) in [6.07, 6.45) is 1.15. The van der Waals surface area contributed by atoms with Gasteiger partial charge in [-0.25, -0.2) is 0 Å². The van der Waals surface area contributed by atoms with Crippen LogP contribution >= 0.6 is 0 Å². The van der Waals surface area contributed by atoms with Crippen molar-refractivity contribution in [3.8, 4) is 0 Å². The zero-order chi connectivity index (χ0) is 10.3. The number of carboxylic acids is 1. The van der Waals surface area contributed by atoms with Gasteiger partial charge in [-0.1, -0.05) is 0 Å². The minimum Gasteiger partial charge on any atom is -0.481 e. The topological polar surface area (TPSA) is 80.7 Å². The van der Waals surface area contributed by atoms with Crippen LogP contribution in [0.3, 0.4) is 0 Å². The molecule has 76 valence electrons. The summed E-state index contributed by atoms with van der Waals surface area (Å²) in [5.74, 6) is -3.34. The van der Waals surface area contributed by atoms with E-state index in [0.717, 1.165) is 0 Å². The Morgan fingerprint density at radius 2 is 1.86 bits per heavy atom. The molecule has 0 amide bonds. The average molecular weight is 198 g/mol. The molecule has 0 aromatic carbocycles. The molecule has 2 fully saturated rings. The number of esters is 2. The van der Waals surface area contributed by atoms with Gasteiger partial charge in [-0.2, -0.15) is 0 Å². The highest BCUT2D eigenvalue weighted by Gasteiger charge is 2.48. The normalized spacial score (nSPS) is 36.4. The molecule has 1 aliphatic carbocycles. The Morgan fingerprint density at radius 3 is 2.50 bits per heavy atom. The highest BCUT2D eigenvalue weighted by Crippen LogP contribution is 2.39. The van der Waals surface area contributed by atoms with Crippen LogP contribution in [0, 0.1) is 17.8 Å². The van der Waals surface area contributed by atoms with Crippen molar-refractivity contribution in [1.29, 1.82) is 0 Å². The second-order valence-electron chi connectivity index (χ2n) is 3.80. The van der Waals surface area contributed by atoms with Crippen molar-refractivity contribution in [2.75, 3.05) is 0 Å². The maximum Gasteiger partial charge on any atom is 0.317 e. The van der Waals surface area contributed by atoms with Crippen LogP contribution in [0.4, 0.5) is 0 Å². The summed E-state index contributed by atoms with van der Waals surface area (Å²) < 4.78 is 4.47. The van der Waals surface area contributed by atoms with Crippen LogP contribution in [0.2, 0.25) is 0 Å². The summed E-state index contributed by atoms with van der Waals surface area (Å²) in [4.78, 5) is 33.0. The molecule has 0 bridgehead atoms. The Balaban J connectivity index is 2.13. The minimum absolute atomic E-state index is 0.241. The Labute approximate surface area is 80.0 Å². The fraction of sp³-hybridized carbons (Fsp3) is 0.667. The van der Waals surface area contributed by atoms with E-state index in [1.807, 2.05) is 0 Å². The second-order valence-corrected chi connectivity index (χ2v) is 3.80. The quantitative estimate of drug-likeness (QED) is 0.480. The van der Waals surface area contributed by atoms with E-state index in [9.17, 15) is 14.4 Å². The molecular weight excluding hydrogens is 188 g/mol. The highest BCUT2D eigenvalue weighted by atomic mass is 16.6. The Kier molecular flexibility index (Phi) is 2.02. The third-order valence-electron chi connectivity index (χ3n) is 3.01. The van der Waals surface area contributed by atoms with E-state index in [0.29, 0.717) is 12.8 Å². The van der Waals surface area contributed by atoms with Gasteiger partial charge in [-0.3, -0.25) is 14.4 Å². The van der Waals surface area contributed by atoms with Crippen LogP contribution < -0.4 is 0 Å². The molecule has 14 heavy (non-hydrogen) atoms. The Morgan fingerprint density at radius 1 is 1.21 bits per heavy atom. The van der Waals surface area contributed by atoms with Crippen molar-refractivity contribution in [1.82, 2.24) is 0 Å². The fourth-order valence-electron chi connectivity index (χ4n) is 2.19. The van der Waals surface area contributed by atoms with Gasteiger partial charge in [0.2, 0.25) is 0 Å². The second kappa shape index (κ2) is 3.08. The van der Waals surface area contributed by atoms with E-state index in [4.69, 9.17) is 5.11 Å². The number of carbonyl (C=O) groups is 3. The zero-order valence-electron chi connectivity index (χ0n) is 7.43. The summed E-state index contributed by atoms with van der Waals surface area (Å²) in [6.45, 7) is 0. The Hall–Kier alpha value is -1.39. The molecule has 1 saturated carbocycles. The monoisotopic (exact) mass is 198 g/mol. The first-order valence-electron chi connectivity index (χ1n) is 4.58. The van der Waals surface area contributed by atoms with Crippen molar-refractivity contribution < 1.29 is 24.2 Å². The molecule has 5 nitrogen and oxygen atoms in total. The van der Waals surface area contributed by atoms with Crippen LogP contribution in [-0.4, -0.2) is 23.0 Å². The number of aliphatic carboxylic acids is 1. The van der Waals surface area contributed by atoms with Gasteiger partial charge in [0.25, 0.3) is 0 Å². The molecule has 3 atom stereocenters. The van der Waals surface area contributed by atoms with E-state index in [1.165, 1.54) is 0 Å². The third-order valence-corrected chi connectivity index (χ3v) is 3.01. The molecule has 1 heterocycles. The predicted molar refractivity (Wildman–Crippen MR) is 43.1 cm³/mol. The first-order chi connectivity index (χ1) is 6.59. The molecule has 0 radical (unpaired) electrons. The predicted octanol–water partition coefficient (Wildman–Crippen LogP) is 0.187. The van der Waals surface area contributed by atoms with E-state index < -0.39 is 35.7 Å². The van der Waals surface area contributed by atoms with E-state index >= 15 is 0 Å². The highest BCUT2D eigenvalue weighted by molar-refractivity contribution is 5.96. The summed E-state index contributed by atoms with van der Waals surface area (Å²) in [7, 11) is 0. The van der Waals surface area contributed by atoms with Gasteiger partial charge in [-0.15, -0.1) is 0 Å². The lowest BCUT2D eigenvalue weighted by atomic mass is 9.75. The first kappa shape index (κ1) is 9.18. The maximum absolute atomic E-state index is 11.2. The lowest BCUT2D eigenvalue weighted by Gasteiger charge is -2.24. The molecule has 1 aliphatic heterocycles. The first-order valence-corrected chi connectivity index (χ1v) is 4.58. The van der Waals surface area contributed by atoms with Crippen LogP contribution in [0.5, 0.6) is 0 Å². The lowest BCUT2D eigenvalue weighted by molar-refractivity contribution is -0.153. The third kappa shape index (κ3) is 1.29. The molecule has 0 aromatic rings. The van der Waals surface area contributed by atoms with Crippen molar-refractivity contribution in [2.45, 2.75) is 19.3 Å². The number of carboxylic acid groups (broad SMARTS) is 1. The van der Waals surface area contributed by atoms with Crippen molar-refractivity contribution in [3.05, 3.63) is 0 Å². The molecule has 5 heteroatoms. The van der Waals surface area contributed by atoms with Crippen LogP contribution in [0.25, 0.3) is 0 Å². The van der Waals surface area contributed by atoms with E-state index in [1.54, 1.807) is 0 Å². The summed E-state index contributed by atoms with van der Waals surface area (Å²) in [5.41, 5.74) is 0. The van der Waals surface area contributed by atoms with Crippen LogP contribution in [0.15, 0.2) is 0 Å². The van der Waals surface area contributed by atoms with Gasteiger partial charge in [0.1, 0.15) is 0 Å². The lowest BCUT2D eigenvalue weighted by Crippen LogP contribution is -2.30. The van der Waals surface area contributed by atoms with E-state index in [-0.39, 0.29) is 6.42 Å². The van der Waals surface area contributed by atoms with Gasteiger partial charge < -0.3 is 9.84 Å². The summed E-state index contributed by atoms with van der Waals surface area (Å²) in [6, 6.07) is 0. The molecule has 0 aromatic heterocycles. The molecule has 2 aliphatic rings. The largest absolute Gasteiger partial charge is 0.481 e. The molecule has 1 unspecified atom stereocenters. The van der Waals surface area contributed by atoms with Crippen LogP contribution in [-0.2, 0) is 19.1 Å². The molecule has 1 N–H and O–H groups in total. The number of cyclic esters (lactones) is 2. The fourth-order valence-corrected chi connectivity index (χ4v) is 2.19. The van der Waals surface area contributed by atoms with Gasteiger partial charge in [0, 0.05) is 0 Å². The van der Waals surface area contributed by atoms with Gasteiger partial charge in [-0.05, 0) is 19.3 Å². The SMILES string of the molecule is O=C(O)C1CC[C@H]2C(=O)OC(=O)[C@@H]2C1. The molecule has 2 rings (SSSR count). The van der Waals surface area contributed by atoms with E-state index in [2.05, 4.69) is 4.74 Å². The number of carbonyl (C=O) groups excluding carboxylic acids is 2. The maximum atomic E-state index is 11.2. The number of ether oxygens (including phenoxy) is 1. The molecule has 1 saturated heterocycles. The number of fused-ring (bicyclic) bond motifs is 1.